The van der Waals surface area contributed by atoms with E-state index in [4.69, 9.17) is 9.47 Å². The summed E-state index contributed by atoms with van der Waals surface area (Å²) in [5.41, 5.74) is 0.435. The smallest absolute Gasteiger partial charge is 0.329 e. The van der Waals surface area contributed by atoms with Crippen LogP contribution in [-0.4, -0.2) is 49.8 Å². The average molecular weight is 403 g/mol. The Morgan fingerprint density at radius 3 is 2.62 bits per heavy atom. The quantitative estimate of drug-likeness (QED) is 0.738. The Bertz CT molecular complexity index is 788. The number of likely N-dealkylation sites (tertiary alicyclic amines) is 1. The second-order valence-electron chi connectivity index (χ2n) is 8.80. The highest BCUT2D eigenvalue weighted by atomic mass is 16.5. The minimum Gasteiger partial charge on any atom is -0.497 e. The van der Waals surface area contributed by atoms with Gasteiger partial charge in [0.2, 0.25) is 0 Å². The fourth-order valence-electron chi connectivity index (χ4n) is 5.20. The molecule has 2 atom stereocenters. The number of benzene rings is 1. The van der Waals surface area contributed by atoms with Crippen LogP contribution in [0.3, 0.4) is 0 Å². The molecule has 29 heavy (non-hydrogen) atoms. The van der Waals surface area contributed by atoms with E-state index < -0.39 is 5.54 Å². The van der Waals surface area contributed by atoms with Gasteiger partial charge in [-0.3, -0.25) is 4.79 Å². The SMILES string of the molecule is COc1ccc([C@@H]2CCC[NH+]2CN2C(=O)NC3(CCC(C)CC3)C2=O)c(OC)c1. The van der Waals surface area contributed by atoms with Crippen LogP contribution in [0.15, 0.2) is 18.2 Å². The zero-order valence-electron chi connectivity index (χ0n) is 17.6. The standard InChI is InChI=1S/C22H31N3O4/c1-15-8-10-22(11-9-15)20(26)25(21(27)23-22)14-24-12-4-5-18(24)17-7-6-16(28-2)13-19(17)29-3/h6-7,13,15,18H,4-5,8-12,14H2,1-3H3,(H,23,27)/p+1/t15?,18-,22?/m0/s1. The summed E-state index contributed by atoms with van der Waals surface area (Å²) < 4.78 is 10.9. The minimum atomic E-state index is -0.671. The van der Waals surface area contributed by atoms with Gasteiger partial charge in [0.1, 0.15) is 23.1 Å². The lowest BCUT2D eigenvalue weighted by atomic mass is 9.77. The summed E-state index contributed by atoms with van der Waals surface area (Å²) in [5.74, 6) is 2.14. The van der Waals surface area contributed by atoms with Crippen molar-refractivity contribution in [2.24, 2.45) is 5.92 Å². The molecular formula is C22H32N3O4+. The molecule has 1 unspecified atom stereocenters. The molecule has 3 aliphatic rings. The molecule has 7 nitrogen and oxygen atoms in total. The number of rotatable bonds is 5. The van der Waals surface area contributed by atoms with Gasteiger partial charge in [0.05, 0.1) is 26.3 Å². The zero-order valence-corrected chi connectivity index (χ0v) is 17.6. The molecule has 3 fully saturated rings. The number of carbonyl (C=O) groups excluding carboxylic acids is 2. The Kier molecular flexibility index (Phi) is 5.42. The summed E-state index contributed by atoms with van der Waals surface area (Å²) in [4.78, 5) is 28.6. The van der Waals surface area contributed by atoms with E-state index in [2.05, 4.69) is 12.2 Å². The van der Waals surface area contributed by atoms with E-state index in [-0.39, 0.29) is 18.0 Å². The second-order valence-corrected chi connectivity index (χ2v) is 8.80. The molecule has 2 heterocycles. The van der Waals surface area contributed by atoms with E-state index in [1.807, 2.05) is 18.2 Å². The average Bonchev–Trinajstić information content (AvgIpc) is 3.28. The first-order valence-corrected chi connectivity index (χ1v) is 10.7. The van der Waals surface area contributed by atoms with Gasteiger partial charge in [0, 0.05) is 18.9 Å². The van der Waals surface area contributed by atoms with Gasteiger partial charge in [0.25, 0.3) is 5.91 Å². The minimum absolute atomic E-state index is 0.0331. The largest absolute Gasteiger partial charge is 0.497 e. The molecule has 3 amide bonds. The van der Waals surface area contributed by atoms with Gasteiger partial charge in [-0.25, -0.2) is 9.69 Å². The van der Waals surface area contributed by atoms with Crippen LogP contribution in [0.2, 0.25) is 0 Å². The lowest BCUT2D eigenvalue weighted by molar-refractivity contribution is -0.925. The molecule has 1 aromatic carbocycles. The summed E-state index contributed by atoms with van der Waals surface area (Å²) >= 11 is 0. The molecule has 1 saturated carbocycles. The Morgan fingerprint density at radius 1 is 1.17 bits per heavy atom. The number of methoxy groups -OCH3 is 2. The summed E-state index contributed by atoms with van der Waals surface area (Å²) in [7, 11) is 3.30. The van der Waals surface area contributed by atoms with Crippen LogP contribution < -0.4 is 19.7 Å². The maximum absolute atomic E-state index is 13.2. The van der Waals surface area contributed by atoms with Gasteiger partial charge in [-0.05, 0) is 43.7 Å². The Balaban J connectivity index is 1.52. The molecular weight excluding hydrogens is 370 g/mol. The fourth-order valence-corrected chi connectivity index (χ4v) is 5.20. The highest BCUT2D eigenvalue weighted by molar-refractivity contribution is 6.06. The molecule has 0 bridgehead atoms. The van der Waals surface area contributed by atoms with E-state index in [0.717, 1.165) is 62.1 Å². The zero-order chi connectivity index (χ0) is 20.6. The molecule has 0 radical (unpaired) electrons. The van der Waals surface area contributed by atoms with Gasteiger partial charge in [-0.2, -0.15) is 0 Å². The number of nitrogens with one attached hydrogen (secondary N) is 2. The lowest BCUT2D eigenvalue weighted by Gasteiger charge is -2.33. The first-order chi connectivity index (χ1) is 14.0. The molecule has 1 aromatic rings. The van der Waals surface area contributed by atoms with E-state index in [0.29, 0.717) is 12.6 Å². The van der Waals surface area contributed by atoms with E-state index >= 15 is 0 Å². The number of hydrogen-bond acceptors (Lipinski definition) is 4. The van der Waals surface area contributed by atoms with E-state index in [9.17, 15) is 9.59 Å². The maximum Gasteiger partial charge on any atom is 0.329 e. The van der Waals surface area contributed by atoms with Gasteiger partial charge in [0.15, 0.2) is 6.67 Å². The normalized spacial score (nSPS) is 32.0. The van der Waals surface area contributed by atoms with Crippen molar-refractivity contribution in [3.05, 3.63) is 23.8 Å². The highest BCUT2D eigenvalue weighted by Crippen LogP contribution is 2.36. The van der Waals surface area contributed by atoms with Crippen molar-refractivity contribution in [1.29, 1.82) is 0 Å². The number of urea groups is 1. The first-order valence-electron chi connectivity index (χ1n) is 10.7. The van der Waals surface area contributed by atoms with Crippen molar-refractivity contribution in [2.45, 2.75) is 57.0 Å². The molecule has 1 spiro atoms. The van der Waals surface area contributed by atoms with Crippen molar-refractivity contribution in [3.8, 4) is 11.5 Å². The molecule has 2 N–H and O–H groups in total. The van der Waals surface area contributed by atoms with Gasteiger partial charge in [-0.15, -0.1) is 0 Å². The molecule has 1 aliphatic carbocycles. The fraction of sp³-hybridized carbons (Fsp3) is 0.636. The molecule has 7 heteroatoms. The lowest BCUT2D eigenvalue weighted by Crippen LogP contribution is -3.12. The van der Waals surface area contributed by atoms with Crippen LogP contribution in [0.25, 0.3) is 0 Å². The van der Waals surface area contributed by atoms with Crippen molar-refractivity contribution in [1.82, 2.24) is 10.2 Å². The van der Waals surface area contributed by atoms with Crippen LogP contribution in [0.4, 0.5) is 4.79 Å². The third-order valence-electron chi connectivity index (χ3n) is 7.03. The van der Waals surface area contributed by atoms with Crippen LogP contribution in [0.5, 0.6) is 11.5 Å². The first kappa shape index (κ1) is 20.0. The second kappa shape index (κ2) is 7.86. The number of hydrogen-bond donors (Lipinski definition) is 2. The van der Waals surface area contributed by atoms with Crippen LogP contribution in [0.1, 0.15) is 57.1 Å². The van der Waals surface area contributed by atoms with Crippen LogP contribution in [0, 0.1) is 5.92 Å². The third kappa shape index (κ3) is 3.56. The van der Waals surface area contributed by atoms with Crippen molar-refractivity contribution >= 4 is 11.9 Å². The van der Waals surface area contributed by atoms with Crippen molar-refractivity contribution in [3.63, 3.8) is 0 Å². The molecule has 0 aromatic heterocycles. The number of amides is 3. The predicted octanol–water partition coefficient (Wildman–Crippen LogP) is 1.88. The third-order valence-corrected chi connectivity index (χ3v) is 7.03. The van der Waals surface area contributed by atoms with Crippen LogP contribution >= 0.6 is 0 Å². The van der Waals surface area contributed by atoms with Gasteiger partial charge in [-0.1, -0.05) is 6.92 Å². The van der Waals surface area contributed by atoms with Crippen molar-refractivity contribution < 1.29 is 24.0 Å². The number of imide groups is 1. The van der Waals surface area contributed by atoms with E-state index in [1.54, 1.807) is 14.2 Å². The topological polar surface area (TPSA) is 72.3 Å². The molecule has 2 saturated heterocycles. The summed E-state index contributed by atoms with van der Waals surface area (Å²) in [6.07, 6.45) is 5.54. The Morgan fingerprint density at radius 2 is 1.93 bits per heavy atom. The van der Waals surface area contributed by atoms with Crippen LogP contribution in [-0.2, 0) is 4.79 Å². The monoisotopic (exact) mass is 402 g/mol. The number of quaternary nitrogens is 1. The van der Waals surface area contributed by atoms with Gasteiger partial charge >= 0.3 is 6.03 Å². The molecule has 2 aliphatic heterocycles. The summed E-state index contributed by atoms with van der Waals surface area (Å²) in [6, 6.07) is 5.85. The number of ether oxygens (including phenoxy) is 2. The maximum atomic E-state index is 13.2. The molecule has 158 valence electrons. The summed E-state index contributed by atoms with van der Waals surface area (Å²) in [5, 5.41) is 3.04. The van der Waals surface area contributed by atoms with E-state index in [1.165, 1.54) is 9.80 Å². The molecule has 4 rings (SSSR count). The number of carbonyl (C=O) groups is 2. The van der Waals surface area contributed by atoms with Gasteiger partial charge < -0.3 is 19.7 Å². The Hall–Kier alpha value is -2.28. The number of nitrogens with zero attached hydrogens (tertiary/aromatic N) is 1. The summed E-state index contributed by atoms with van der Waals surface area (Å²) in [6.45, 7) is 3.55. The predicted molar refractivity (Wildman–Crippen MR) is 108 cm³/mol. The highest BCUT2D eigenvalue weighted by Gasteiger charge is 2.53. The Labute approximate surface area is 172 Å². The van der Waals surface area contributed by atoms with Crippen molar-refractivity contribution in [2.75, 3.05) is 27.4 Å².